The third kappa shape index (κ3) is 4.39. The molecule has 0 bridgehead atoms. The van der Waals surface area contributed by atoms with E-state index in [1.54, 1.807) is 18.2 Å². The molecule has 0 radical (unpaired) electrons. The Labute approximate surface area is 149 Å². The number of para-hydroxylation sites is 2. The Hall–Kier alpha value is -2.80. The summed E-state index contributed by atoms with van der Waals surface area (Å²) in [6.45, 7) is 0. The van der Waals surface area contributed by atoms with Crippen LogP contribution >= 0.6 is 11.8 Å². The molecule has 2 aromatic carbocycles. The van der Waals surface area contributed by atoms with Crippen molar-refractivity contribution in [1.82, 2.24) is 14.8 Å². The number of thioether (sulfide) groups is 1. The molecule has 3 aromatic rings. The number of carbonyl (C=O) groups is 1. The number of nitrogens with one attached hydrogen (secondary N) is 1. The van der Waals surface area contributed by atoms with Gasteiger partial charge in [-0.2, -0.15) is 0 Å². The molecule has 0 saturated heterocycles. The Morgan fingerprint density at radius 2 is 1.84 bits per heavy atom. The van der Waals surface area contributed by atoms with Gasteiger partial charge in [0.2, 0.25) is 5.91 Å². The van der Waals surface area contributed by atoms with Crippen molar-refractivity contribution in [3.8, 4) is 5.75 Å². The molecule has 25 heavy (non-hydrogen) atoms. The van der Waals surface area contributed by atoms with E-state index in [0.717, 1.165) is 11.4 Å². The van der Waals surface area contributed by atoms with Gasteiger partial charge in [-0.15, -0.1) is 10.2 Å². The van der Waals surface area contributed by atoms with Gasteiger partial charge in [0.1, 0.15) is 11.6 Å². The van der Waals surface area contributed by atoms with Crippen molar-refractivity contribution in [2.75, 3.05) is 11.1 Å². The second-order valence-electron chi connectivity index (χ2n) is 5.47. The van der Waals surface area contributed by atoms with E-state index in [4.69, 9.17) is 0 Å². The SMILES string of the molecule is Cn1c(Cc2ccccc2)nnc1SCC(=O)Nc1ccccc1O. The zero-order valence-electron chi connectivity index (χ0n) is 13.7. The lowest BCUT2D eigenvalue weighted by molar-refractivity contribution is -0.113. The fraction of sp³-hybridized carbons (Fsp3) is 0.167. The maximum Gasteiger partial charge on any atom is 0.234 e. The Morgan fingerprint density at radius 3 is 2.60 bits per heavy atom. The van der Waals surface area contributed by atoms with Crippen LogP contribution in [0, 0.1) is 0 Å². The monoisotopic (exact) mass is 354 g/mol. The summed E-state index contributed by atoms with van der Waals surface area (Å²) in [6, 6.07) is 16.7. The zero-order chi connectivity index (χ0) is 17.6. The van der Waals surface area contributed by atoms with Gasteiger partial charge < -0.3 is 15.0 Å². The molecule has 6 nitrogen and oxygen atoms in total. The number of rotatable bonds is 6. The maximum atomic E-state index is 12.0. The lowest BCUT2D eigenvalue weighted by atomic mass is 10.1. The van der Waals surface area contributed by atoms with E-state index < -0.39 is 0 Å². The van der Waals surface area contributed by atoms with Gasteiger partial charge in [0.25, 0.3) is 0 Å². The second-order valence-corrected chi connectivity index (χ2v) is 6.42. The topological polar surface area (TPSA) is 80.0 Å². The second kappa shape index (κ2) is 7.85. The minimum Gasteiger partial charge on any atom is -0.506 e. The molecule has 0 unspecified atom stereocenters. The summed E-state index contributed by atoms with van der Waals surface area (Å²) in [5.74, 6) is 0.865. The first-order chi connectivity index (χ1) is 12.1. The number of phenols is 1. The van der Waals surface area contributed by atoms with Crippen LogP contribution in [0.1, 0.15) is 11.4 Å². The predicted molar refractivity (Wildman–Crippen MR) is 97.7 cm³/mol. The number of hydrogen-bond donors (Lipinski definition) is 2. The smallest absolute Gasteiger partial charge is 0.234 e. The van der Waals surface area contributed by atoms with E-state index in [1.807, 2.05) is 41.9 Å². The van der Waals surface area contributed by atoms with Gasteiger partial charge in [0.05, 0.1) is 11.4 Å². The minimum absolute atomic E-state index is 0.0460. The molecule has 3 rings (SSSR count). The highest BCUT2D eigenvalue weighted by atomic mass is 32.2. The average Bonchev–Trinajstić information content (AvgIpc) is 2.96. The van der Waals surface area contributed by atoms with Crippen molar-refractivity contribution in [3.63, 3.8) is 0 Å². The van der Waals surface area contributed by atoms with Crippen LogP contribution in [0.15, 0.2) is 59.8 Å². The first-order valence-corrected chi connectivity index (χ1v) is 8.75. The third-order valence-electron chi connectivity index (χ3n) is 3.64. The Morgan fingerprint density at radius 1 is 1.12 bits per heavy atom. The number of aromatic hydroxyl groups is 1. The van der Waals surface area contributed by atoms with Crippen LogP contribution in [0.5, 0.6) is 5.75 Å². The van der Waals surface area contributed by atoms with Crippen molar-refractivity contribution in [2.24, 2.45) is 7.05 Å². The van der Waals surface area contributed by atoms with Gasteiger partial charge in [-0.25, -0.2) is 0 Å². The van der Waals surface area contributed by atoms with Crippen LogP contribution in [0.3, 0.4) is 0 Å². The Bertz CT molecular complexity index is 865. The van der Waals surface area contributed by atoms with Gasteiger partial charge in [-0.3, -0.25) is 4.79 Å². The van der Waals surface area contributed by atoms with Crippen molar-refractivity contribution in [2.45, 2.75) is 11.6 Å². The molecule has 1 aromatic heterocycles. The number of carbonyl (C=O) groups excluding carboxylic acids is 1. The summed E-state index contributed by atoms with van der Waals surface area (Å²) >= 11 is 1.31. The largest absolute Gasteiger partial charge is 0.506 e. The van der Waals surface area contributed by atoms with Crippen LogP contribution in [0.4, 0.5) is 5.69 Å². The molecular weight excluding hydrogens is 336 g/mol. The molecule has 1 amide bonds. The van der Waals surface area contributed by atoms with E-state index in [9.17, 15) is 9.90 Å². The molecule has 0 aliphatic rings. The highest BCUT2D eigenvalue weighted by Crippen LogP contribution is 2.22. The number of benzene rings is 2. The van der Waals surface area contributed by atoms with Crippen molar-refractivity contribution < 1.29 is 9.90 Å². The summed E-state index contributed by atoms with van der Waals surface area (Å²) in [5, 5.41) is 21.4. The van der Waals surface area contributed by atoms with Crippen LogP contribution < -0.4 is 5.32 Å². The number of hydrogen-bond acceptors (Lipinski definition) is 5. The lowest BCUT2D eigenvalue weighted by Crippen LogP contribution is -2.14. The van der Waals surface area contributed by atoms with Gasteiger partial charge >= 0.3 is 0 Å². The van der Waals surface area contributed by atoms with Crippen LogP contribution in [-0.4, -0.2) is 31.5 Å². The van der Waals surface area contributed by atoms with Crippen LogP contribution in [0.25, 0.3) is 0 Å². The fourth-order valence-corrected chi connectivity index (χ4v) is 3.03. The van der Waals surface area contributed by atoms with E-state index in [0.29, 0.717) is 17.3 Å². The van der Waals surface area contributed by atoms with E-state index in [-0.39, 0.29) is 17.4 Å². The summed E-state index contributed by atoms with van der Waals surface area (Å²) in [7, 11) is 1.89. The molecule has 0 spiro atoms. The summed E-state index contributed by atoms with van der Waals surface area (Å²) in [5.41, 5.74) is 1.56. The first-order valence-electron chi connectivity index (χ1n) is 7.76. The average molecular weight is 354 g/mol. The number of anilines is 1. The summed E-state index contributed by atoms with van der Waals surface area (Å²) in [4.78, 5) is 12.0. The van der Waals surface area contributed by atoms with Gasteiger partial charge in [-0.1, -0.05) is 54.2 Å². The van der Waals surface area contributed by atoms with E-state index in [1.165, 1.54) is 17.8 Å². The molecule has 0 fully saturated rings. The fourth-order valence-electron chi connectivity index (χ4n) is 2.30. The van der Waals surface area contributed by atoms with E-state index >= 15 is 0 Å². The third-order valence-corrected chi connectivity index (χ3v) is 4.66. The number of phenolic OH excluding ortho intramolecular Hbond substituents is 1. The predicted octanol–water partition coefficient (Wildman–Crippen LogP) is 2.84. The molecule has 7 heteroatoms. The highest BCUT2D eigenvalue weighted by Gasteiger charge is 2.12. The van der Waals surface area contributed by atoms with Crippen LogP contribution in [-0.2, 0) is 18.3 Å². The Kier molecular flexibility index (Phi) is 5.35. The molecule has 0 saturated carbocycles. The summed E-state index contributed by atoms with van der Waals surface area (Å²) < 4.78 is 1.89. The molecule has 0 atom stereocenters. The van der Waals surface area contributed by atoms with Gasteiger partial charge in [-0.05, 0) is 17.7 Å². The quantitative estimate of drug-likeness (QED) is 0.526. The van der Waals surface area contributed by atoms with Gasteiger partial charge in [0.15, 0.2) is 5.16 Å². The lowest BCUT2D eigenvalue weighted by Gasteiger charge is -2.07. The van der Waals surface area contributed by atoms with Crippen molar-refractivity contribution >= 4 is 23.4 Å². The van der Waals surface area contributed by atoms with Crippen LogP contribution in [0.2, 0.25) is 0 Å². The standard InChI is InChI=1S/C18H18N4O2S/c1-22-16(11-13-7-3-2-4-8-13)20-21-18(22)25-12-17(24)19-14-9-5-6-10-15(14)23/h2-10,23H,11-12H2,1H3,(H,19,24). The highest BCUT2D eigenvalue weighted by molar-refractivity contribution is 7.99. The number of amides is 1. The molecular formula is C18H18N4O2S. The molecule has 1 heterocycles. The normalized spacial score (nSPS) is 10.6. The number of nitrogens with zero attached hydrogens (tertiary/aromatic N) is 3. The van der Waals surface area contributed by atoms with Gasteiger partial charge in [0, 0.05) is 13.5 Å². The van der Waals surface area contributed by atoms with Crippen molar-refractivity contribution in [1.29, 1.82) is 0 Å². The number of aromatic nitrogens is 3. The van der Waals surface area contributed by atoms with E-state index in [2.05, 4.69) is 15.5 Å². The molecule has 0 aliphatic heterocycles. The Balaban J connectivity index is 1.58. The zero-order valence-corrected chi connectivity index (χ0v) is 14.5. The molecule has 0 aliphatic carbocycles. The summed E-state index contributed by atoms with van der Waals surface area (Å²) in [6.07, 6.45) is 0.689. The van der Waals surface area contributed by atoms with Crippen molar-refractivity contribution in [3.05, 3.63) is 66.0 Å². The maximum absolute atomic E-state index is 12.0. The minimum atomic E-state index is -0.209. The molecule has 2 N–H and O–H groups in total. The first kappa shape index (κ1) is 17.0. The molecule has 128 valence electrons.